The number of quaternary nitrogens is 1. The molecule has 1 heterocycles. The number of carbonyl (C=O) groups excluding carboxylic acids is 1. The van der Waals surface area contributed by atoms with E-state index in [0.717, 1.165) is 46.2 Å². The molecule has 5 heteroatoms. The number of nitrogens with one attached hydrogen (secondary N) is 2. The fraction of sp³-hybridized carbons (Fsp3) is 0.350. The van der Waals surface area contributed by atoms with Crippen molar-refractivity contribution in [2.45, 2.75) is 26.8 Å². The van der Waals surface area contributed by atoms with Gasteiger partial charge in [0.2, 0.25) is 6.79 Å². The van der Waals surface area contributed by atoms with Gasteiger partial charge in [0.05, 0.1) is 7.05 Å². The third kappa shape index (κ3) is 4.12. The summed E-state index contributed by atoms with van der Waals surface area (Å²) in [6, 6.07) is 12.0. The second-order valence-electron chi connectivity index (χ2n) is 6.51. The summed E-state index contributed by atoms with van der Waals surface area (Å²) in [5.74, 6) is 1.59. The van der Waals surface area contributed by atoms with Crippen LogP contribution < -0.4 is 19.7 Å². The average Bonchev–Trinajstić information content (AvgIpc) is 3.04. The van der Waals surface area contributed by atoms with Crippen LogP contribution in [0.1, 0.15) is 23.6 Å². The van der Waals surface area contributed by atoms with E-state index >= 15 is 0 Å². The summed E-state index contributed by atoms with van der Waals surface area (Å²) in [6.45, 7) is 5.56. The third-order valence-electron chi connectivity index (χ3n) is 4.41. The van der Waals surface area contributed by atoms with Gasteiger partial charge in [-0.3, -0.25) is 4.79 Å². The molecule has 2 aromatic rings. The molecular formula is C20H25N2O3+. The lowest BCUT2D eigenvalue weighted by molar-refractivity contribution is -0.885. The maximum atomic E-state index is 12.4. The lowest BCUT2D eigenvalue weighted by Gasteiger charge is -2.16. The maximum absolute atomic E-state index is 12.4. The first-order valence-electron chi connectivity index (χ1n) is 8.65. The molecule has 0 bridgehead atoms. The molecule has 1 aliphatic heterocycles. The SMILES string of the molecule is CCc1cccc(C)c1NC(=O)C[NH+](C)Cc1ccc2c(c1)OCO2. The van der Waals surface area contributed by atoms with E-state index in [4.69, 9.17) is 9.47 Å². The predicted octanol–water partition coefficient (Wildman–Crippen LogP) is 1.94. The van der Waals surface area contributed by atoms with Crippen molar-refractivity contribution in [1.29, 1.82) is 0 Å². The Hall–Kier alpha value is -2.53. The van der Waals surface area contributed by atoms with Crippen LogP contribution in [0.2, 0.25) is 0 Å². The molecule has 5 nitrogen and oxygen atoms in total. The van der Waals surface area contributed by atoms with Crippen molar-refractivity contribution in [2.75, 3.05) is 25.7 Å². The van der Waals surface area contributed by atoms with Crippen molar-refractivity contribution in [1.82, 2.24) is 0 Å². The van der Waals surface area contributed by atoms with Crippen LogP contribution in [0.15, 0.2) is 36.4 Å². The largest absolute Gasteiger partial charge is 0.454 e. The number of anilines is 1. The van der Waals surface area contributed by atoms with Crippen molar-refractivity contribution >= 4 is 11.6 Å². The quantitative estimate of drug-likeness (QED) is 0.844. The number of hydrogen-bond donors (Lipinski definition) is 2. The average molecular weight is 341 g/mol. The number of fused-ring (bicyclic) bond motifs is 1. The topological polar surface area (TPSA) is 52.0 Å². The molecule has 2 N–H and O–H groups in total. The number of amides is 1. The van der Waals surface area contributed by atoms with Crippen molar-refractivity contribution in [2.24, 2.45) is 0 Å². The molecule has 0 fully saturated rings. The second-order valence-corrected chi connectivity index (χ2v) is 6.51. The fourth-order valence-electron chi connectivity index (χ4n) is 3.12. The minimum atomic E-state index is 0.0299. The number of hydrogen-bond acceptors (Lipinski definition) is 3. The second kappa shape index (κ2) is 7.57. The maximum Gasteiger partial charge on any atom is 0.279 e. The molecular weight excluding hydrogens is 316 g/mol. The Bertz CT molecular complexity index is 774. The highest BCUT2D eigenvalue weighted by atomic mass is 16.7. The van der Waals surface area contributed by atoms with Gasteiger partial charge in [0.15, 0.2) is 18.0 Å². The highest BCUT2D eigenvalue weighted by molar-refractivity contribution is 5.93. The van der Waals surface area contributed by atoms with Gasteiger partial charge >= 0.3 is 0 Å². The Kier molecular flexibility index (Phi) is 5.24. The molecule has 0 spiro atoms. The van der Waals surface area contributed by atoms with E-state index in [2.05, 4.69) is 18.3 Å². The monoisotopic (exact) mass is 341 g/mol. The molecule has 0 radical (unpaired) electrons. The summed E-state index contributed by atoms with van der Waals surface area (Å²) in [5, 5.41) is 3.08. The first-order valence-corrected chi connectivity index (χ1v) is 8.65. The highest BCUT2D eigenvalue weighted by Crippen LogP contribution is 2.32. The molecule has 0 saturated heterocycles. The smallest absolute Gasteiger partial charge is 0.279 e. The van der Waals surface area contributed by atoms with Gasteiger partial charge in [-0.25, -0.2) is 0 Å². The van der Waals surface area contributed by atoms with Crippen LogP contribution in [0.4, 0.5) is 5.69 Å². The van der Waals surface area contributed by atoms with Gasteiger partial charge < -0.3 is 19.7 Å². The van der Waals surface area contributed by atoms with Crippen molar-refractivity contribution in [3.8, 4) is 11.5 Å². The Balaban J connectivity index is 1.59. The van der Waals surface area contributed by atoms with Crippen LogP contribution >= 0.6 is 0 Å². The van der Waals surface area contributed by atoms with Gasteiger partial charge in [0.1, 0.15) is 6.54 Å². The number of aryl methyl sites for hydroxylation is 2. The van der Waals surface area contributed by atoms with E-state index < -0.39 is 0 Å². The molecule has 0 saturated carbocycles. The van der Waals surface area contributed by atoms with Gasteiger partial charge in [0, 0.05) is 11.3 Å². The van der Waals surface area contributed by atoms with Crippen molar-refractivity contribution < 1.29 is 19.2 Å². The Morgan fingerprint density at radius 1 is 1.20 bits per heavy atom. The molecule has 132 valence electrons. The van der Waals surface area contributed by atoms with E-state index in [9.17, 15) is 4.79 Å². The van der Waals surface area contributed by atoms with E-state index in [1.54, 1.807) is 0 Å². The van der Waals surface area contributed by atoms with E-state index in [1.807, 2.05) is 44.3 Å². The number of para-hydroxylation sites is 1. The zero-order chi connectivity index (χ0) is 17.8. The first kappa shape index (κ1) is 17.3. The highest BCUT2D eigenvalue weighted by Gasteiger charge is 2.17. The van der Waals surface area contributed by atoms with Gasteiger partial charge in [-0.05, 0) is 42.7 Å². The molecule has 1 unspecified atom stereocenters. The summed E-state index contributed by atoms with van der Waals surface area (Å²) in [7, 11) is 2.02. The molecule has 1 amide bonds. The van der Waals surface area contributed by atoms with E-state index in [1.165, 1.54) is 5.56 Å². The predicted molar refractivity (Wildman–Crippen MR) is 97.2 cm³/mol. The number of likely N-dealkylation sites (N-methyl/N-ethyl adjacent to an activating group) is 1. The molecule has 0 aromatic heterocycles. The molecule has 2 aromatic carbocycles. The van der Waals surface area contributed by atoms with Crippen LogP contribution in [-0.2, 0) is 17.8 Å². The summed E-state index contributed by atoms with van der Waals surface area (Å²) >= 11 is 0. The number of benzene rings is 2. The van der Waals surface area contributed by atoms with Crippen LogP contribution in [-0.4, -0.2) is 26.3 Å². The molecule has 0 aliphatic carbocycles. The number of ether oxygens (including phenoxy) is 2. The van der Waals surface area contributed by atoms with Crippen LogP contribution in [0, 0.1) is 6.92 Å². The number of carbonyl (C=O) groups is 1. The lowest BCUT2D eigenvalue weighted by Crippen LogP contribution is -3.08. The van der Waals surface area contributed by atoms with Crippen molar-refractivity contribution in [3.63, 3.8) is 0 Å². The van der Waals surface area contributed by atoms with Crippen LogP contribution in [0.3, 0.4) is 0 Å². The molecule has 25 heavy (non-hydrogen) atoms. The summed E-state index contributed by atoms with van der Waals surface area (Å²) in [4.78, 5) is 13.6. The lowest BCUT2D eigenvalue weighted by atomic mass is 10.1. The third-order valence-corrected chi connectivity index (χ3v) is 4.41. The zero-order valence-electron chi connectivity index (χ0n) is 15.0. The van der Waals surface area contributed by atoms with Gasteiger partial charge in [-0.15, -0.1) is 0 Å². The molecule has 1 aliphatic rings. The Morgan fingerprint density at radius 2 is 2.00 bits per heavy atom. The van der Waals surface area contributed by atoms with Crippen LogP contribution in [0.5, 0.6) is 11.5 Å². The van der Waals surface area contributed by atoms with Gasteiger partial charge in [-0.1, -0.05) is 25.1 Å². The first-order chi connectivity index (χ1) is 12.1. The normalized spacial score (nSPS) is 13.6. The van der Waals surface area contributed by atoms with E-state index in [-0.39, 0.29) is 12.7 Å². The van der Waals surface area contributed by atoms with Crippen LogP contribution in [0.25, 0.3) is 0 Å². The van der Waals surface area contributed by atoms with E-state index in [0.29, 0.717) is 6.54 Å². The minimum absolute atomic E-state index is 0.0299. The molecule has 1 atom stereocenters. The number of rotatable bonds is 6. The fourth-order valence-corrected chi connectivity index (χ4v) is 3.12. The minimum Gasteiger partial charge on any atom is -0.454 e. The standard InChI is InChI=1S/C20H24N2O3/c1-4-16-7-5-6-14(2)20(16)21-19(23)12-22(3)11-15-8-9-17-18(10-15)25-13-24-17/h5-10H,4,11-13H2,1-3H3,(H,21,23)/p+1. The van der Waals surface area contributed by atoms with Gasteiger partial charge in [0.25, 0.3) is 5.91 Å². The zero-order valence-corrected chi connectivity index (χ0v) is 15.0. The Labute approximate surface area is 148 Å². The summed E-state index contributed by atoms with van der Waals surface area (Å²) < 4.78 is 10.7. The Morgan fingerprint density at radius 3 is 2.80 bits per heavy atom. The summed E-state index contributed by atoms with van der Waals surface area (Å²) in [5.41, 5.74) is 4.34. The summed E-state index contributed by atoms with van der Waals surface area (Å²) in [6.07, 6.45) is 0.900. The van der Waals surface area contributed by atoms with Gasteiger partial charge in [-0.2, -0.15) is 0 Å². The molecule has 3 rings (SSSR count). The van der Waals surface area contributed by atoms with Crippen molar-refractivity contribution in [3.05, 3.63) is 53.1 Å².